The van der Waals surface area contributed by atoms with Crippen molar-refractivity contribution in [3.63, 3.8) is 0 Å². The van der Waals surface area contributed by atoms with E-state index in [0.717, 1.165) is 5.56 Å². The Balaban J connectivity index is 1.89. The smallest absolute Gasteiger partial charge is 0.397 e. The first-order valence-electron chi connectivity index (χ1n) is 6.51. The molecule has 1 aromatic rings. The summed E-state index contributed by atoms with van der Waals surface area (Å²) < 4.78 is 46.9. The van der Waals surface area contributed by atoms with Gasteiger partial charge in [0.15, 0.2) is 11.5 Å². The topological polar surface area (TPSA) is 47.6 Å². The molecule has 21 heavy (non-hydrogen) atoms. The standard InChI is InChI=1S/C14H16F3NO3/c1-20-11-4-2-3-10-5-9(8-21-13(10)11)7-18-12(19)6-14(15,16)17/h2-4,9H,5-8H2,1H3,(H,18,19). The highest BCUT2D eigenvalue weighted by atomic mass is 19.4. The summed E-state index contributed by atoms with van der Waals surface area (Å²) in [5.41, 5.74) is 0.927. The Hall–Kier alpha value is -1.92. The molecule has 0 aromatic heterocycles. The maximum atomic E-state index is 12.1. The van der Waals surface area contributed by atoms with Crippen LogP contribution in [0, 0.1) is 5.92 Å². The predicted octanol–water partition coefficient (Wildman–Crippen LogP) is 2.31. The number of carbonyl (C=O) groups is 1. The SMILES string of the molecule is COc1cccc2c1OCC(CNC(=O)CC(F)(F)F)C2. The molecule has 0 spiro atoms. The van der Waals surface area contributed by atoms with Gasteiger partial charge < -0.3 is 14.8 Å². The van der Waals surface area contributed by atoms with Crippen LogP contribution in [0.4, 0.5) is 13.2 Å². The van der Waals surface area contributed by atoms with Crippen molar-refractivity contribution < 1.29 is 27.4 Å². The minimum absolute atomic E-state index is 0.0539. The van der Waals surface area contributed by atoms with E-state index in [4.69, 9.17) is 9.47 Å². The quantitative estimate of drug-likeness (QED) is 0.928. The number of amides is 1. The number of fused-ring (bicyclic) bond motifs is 1. The Morgan fingerprint density at radius 1 is 1.48 bits per heavy atom. The molecule has 0 radical (unpaired) electrons. The van der Waals surface area contributed by atoms with Gasteiger partial charge in [0.25, 0.3) is 0 Å². The van der Waals surface area contributed by atoms with Crippen molar-refractivity contribution in [2.45, 2.75) is 19.0 Å². The van der Waals surface area contributed by atoms with Gasteiger partial charge in [0, 0.05) is 12.5 Å². The molecule has 0 bridgehead atoms. The zero-order valence-electron chi connectivity index (χ0n) is 11.5. The summed E-state index contributed by atoms with van der Waals surface area (Å²) in [6.45, 7) is 0.491. The van der Waals surface area contributed by atoms with E-state index >= 15 is 0 Å². The molecule has 1 N–H and O–H groups in total. The summed E-state index contributed by atoms with van der Waals surface area (Å²) in [7, 11) is 1.54. The van der Waals surface area contributed by atoms with Crippen molar-refractivity contribution in [1.82, 2.24) is 5.32 Å². The van der Waals surface area contributed by atoms with E-state index in [1.54, 1.807) is 13.2 Å². The molecule has 7 heteroatoms. The van der Waals surface area contributed by atoms with Crippen molar-refractivity contribution in [2.24, 2.45) is 5.92 Å². The molecule has 1 aliphatic rings. The number of ether oxygens (including phenoxy) is 2. The molecule has 0 saturated heterocycles. The van der Waals surface area contributed by atoms with Crippen LogP contribution >= 0.6 is 0 Å². The summed E-state index contributed by atoms with van der Waals surface area (Å²) in [5, 5.41) is 2.30. The summed E-state index contributed by atoms with van der Waals surface area (Å²) in [6, 6.07) is 5.48. The molecular formula is C14H16F3NO3. The first kappa shape index (κ1) is 15.5. The zero-order valence-corrected chi connectivity index (χ0v) is 11.5. The van der Waals surface area contributed by atoms with Crippen molar-refractivity contribution in [2.75, 3.05) is 20.3 Å². The summed E-state index contributed by atoms with van der Waals surface area (Å²) in [5.74, 6) is 0.227. The molecule has 1 aromatic carbocycles. The van der Waals surface area contributed by atoms with E-state index in [-0.39, 0.29) is 12.5 Å². The highest BCUT2D eigenvalue weighted by Crippen LogP contribution is 2.35. The summed E-state index contributed by atoms with van der Waals surface area (Å²) in [4.78, 5) is 11.2. The minimum Gasteiger partial charge on any atom is -0.493 e. The van der Waals surface area contributed by atoms with Gasteiger partial charge >= 0.3 is 6.18 Å². The second-order valence-electron chi connectivity index (χ2n) is 4.93. The lowest BCUT2D eigenvalue weighted by Crippen LogP contribution is -2.36. The third kappa shape index (κ3) is 4.27. The number of methoxy groups -OCH3 is 1. The second kappa shape index (κ2) is 6.24. The third-order valence-electron chi connectivity index (χ3n) is 3.20. The highest BCUT2D eigenvalue weighted by molar-refractivity contribution is 5.76. The first-order chi connectivity index (χ1) is 9.89. The Kier molecular flexibility index (Phi) is 4.59. The number of hydrogen-bond acceptors (Lipinski definition) is 3. The van der Waals surface area contributed by atoms with Gasteiger partial charge in [-0.3, -0.25) is 4.79 Å². The van der Waals surface area contributed by atoms with Crippen LogP contribution in [0.1, 0.15) is 12.0 Å². The number of para-hydroxylation sites is 1. The molecule has 1 amide bonds. The fourth-order valence-electron chi connectivity index (χ4n) is 2.25. The second-order valence-corrected chi connectivity index (χ2v) is 4.93. The molecule has 4 nitrogen and oxygen atoms in total. The van der Waals surface area contributed by atoms with Gasteiger partial charge in [0.1, 0.15) is 6.42 Å². The fourth-order valence-corrected chi connectivity index (χ4v) is 2.25. The normalized spacial score (nSPS) is 17.6. The molecule has 116 valence electrons. The Labute approximate surface area is 120 Å². The van der Waals surface area contributed by atoms with Crippen LogP contribution in [0.25, 0.3) is 0 Å². The lowest BCUT2D eigenvalue weighted by molar-refractivity contribution is -0.153. The fraction of sp³-hybridized carbons (Fsp3) is 0.500. The van der Waals surface area contributed by atoms with Gasteiger partial charge in [-0.25, -0.2) is 0 Å². The van der Waals surface area contributed by atoms with Crippen LogP contribution in [-0.4, -0.2) is 32.3 Å². The van der Waals surface area contributed by atoms with Gasteiger partial charge in [-0.2, -0.15) is 13.2 Å². The zero-order chi connectivity index (χ0) is 15.5. The van der Waals surface area contributed by atoms with E-state index < -0.39 is 18.5 Å². The van der Waals surface area contributed by atoms with Crippen molar-refractivity contribution in [3.8, 4) is 11.5 Å². The van der Waals surface area contributed by atoms with Crippen LogP contribution in [0.2, 0.25) is 0 Å². The number of hydrogen-bond donors (Lipinski definition) is 1. The largest absolute Gasteiger partial charge is 0.493 e. The maximum absolute atomic E-state index is 12.1. The number of alkyl halides is 3. The Morgan fingerprint density at radius 3 is 2.90 bits per heavy atom. The van der Waals surface area contributed by atoms with Crippen molar-refractivity contribution in [1.29, 1.82) is 0 Å². The van der Waals surface area contributed by atoms with Crippen molar-refractivity contribution in [3.05, 3.63) is 23.8 Å². The Morgan fingerprint density at radius 2 is 2.24 bits per heavy atom. The van der Waals surface area contributed by atoms with E-state index in [1.807, 2.05) is 12.1 Å². The molecular weight excluding hydrogens is 287 g/mol. The molecule has 1 heterocycles. The summed E-state index contributed by atoms with van der Waals surface area (Å²) in [6.07, 6.45) is -5.31. The molecule has 1 unspecified atom stereocenters. The number of rotatable bonds is 4. The summed E-state index contributed by atoms with van der Waals surface area (Å²) >= 11 is 0. The average Bonchev–Trinajstić information content (AvgIpc) is 2.42. The molecule has 0 aliphatic carbocycles. The van der Waals surface area contributed by atoms with Crippen LogP contribution in [0.5, 0.6) is 11.5 Å². The van der Waals surface area contributed by atoms with E-state index in [1.165, 1.54) is 0 Å². The minimum atomic E-state index is -4.48. The van der Waals surface area contributed by atoms with E-state index in [9.17, 15) is 18.0 Å². The average molecular weight is 303 g/mol. The highest BCUT2D eigenvalue weighted by Gasteiger charge is 2.31. The molecule has 0 fully saturated rings. The molecule has 2 rings (SSSR count). The third-order valence-corrected chi connectivity index (χ3v) is 3.20. The van der Waals surface area contributed by atoms with Crippen LogP contribution in [-0.2, 0) is 11.2 Å². The van der Waals surface area contributed by atoms with Crippen molar-refractivity contribution >= 4 is 5.91 Å². The lowest BCUT2D eigenvalue weighted by Gasteiger charge is -2.26. The maximum Gasteiger partial charge on any atom is 0.397 e. The van der Waals surface area contributed by atoms with Gasteiger partial charge in [-0.05, 0) is 18.1 Å². The van der Waals surface area contributed by atoms with Gasteiger partial charge in [-0.15, -0.1) is 0 Å². The monoisotopic (exact) mass is 303 g/mol. The first-order valence-corrected chi connectivity index (χ1v) is 6.51. The molecule has 1 aliphatic heterocycles. The van der Waals surface area contributed by atoms with Crippen LogP contribution in [0.15, 0.2) is 18.2 Å². The van der Waals surface area contributed by atoms with E-state index in [2.05, 4.69) is 5.32 Å². The molecule has 0 saturated carbocycles. The van der Waals surface area contributed by atoms with Gasteiger partial charge in [0.05, 0.1) is 13.7 Å². The van der Waals surface area contributed by atoms with E-state index in [0.29, 0.717) is 24.5 Å². The predicted molar refractivity (Wildman–Crippen MR) is 69.4 cm³/mol. The number of halogens is 3. The lowest BCUT2D eigenvalue weighted by atomic mass is 9.96. The van der Waals surface area contributed by atoms with Gasteiger partial charge in [0.2, 0.25) is 5.91 Å². The van der Waals surface area contributed by atoms with Crippen LogP contribution in [0.3, 0.4) is 0 Å². The molecule has 1 atom stereocenters. The number of nitrogens with one attached hydrogen (secondary N) is 1. The van der Waals surface area contributed by atoms with Crippen LogP contribution < -0.4 is 14.8 Å². The van der Waals surface area contributed by atoms with Gasteiger partial charge in [-0.1, -0.05) is 12.1 Å². The number of benzene rings is 1. The Bertz CT molecular complexity index is 517. The number of carbonyl (C=O) groups excluding carboxylic acids is 1.